The lowest BCUT2D eigenvalue weighted by Gasteiger charge is -2.20. The molecule has 0 aliphatic carbocycles. The van der Waals surface area contributed by atoms with Gasteiger partial charge in [0.2, 0.25) is 0 Å². The number of hydrogen-bond acceptors (Lipinski definition) is 4. The average molecular weight is 260 g/mol. The van der Waals surface area contributed by atoms with Gasteiger partial charge in [0.1, 0.15) is 12.4 Å². The largest absolute Gasteiger partial charge is 0.492 e. The highest BCUT2D eigenvalue weighted by Crippen LogP contribution is 2.15. The Balaban J connectivity index is 1.67. The van der Waals surface area contributed by atoms with Crippen molar-refractivity contribution in [2.45, 2.75) is 31.9 Å². The summed E-state index contributed by atoms with van der Waals surface area (Å²) in [6.45, 7) is 4.39. The van der Waals surface area contributed by atoms with Crippen molar-refractivity contribution in [1.29, 1.82) is 5.26 Å². The normalized spacial score (nSPS) is 19.9. The van der Waals surface area contributed by atoms with E-state index in [0.717, 1.165) is 31.7 Å². The highest BCUT2D eigenvalue weighted by atomic mass is 16.5. The highest BCUT2D eigenvalue weighted by molar-refractivity contribution is 5.36. The maximum Gasteiger partial charge on any atom is 0.120 e. The first-order chi connectivity index (χ1) is 9.29. The molecular formula is C15H20N2O2. The number of nitrogens with one attached hydrogen (secondary N) is 1. The first-order valence-electron chi connectivity index (χ1n) is 6.77. The summed E-state index contributed by atoms with van der Waals surface area (Å²) in [7, 11) is 0. The van der Waals surface area contributed by atoms with Crippen molar-refractivity contribution in [1.82, 2.24) is 5.32 Å². The van der Waals surface area contributed by atoms with Crippen molar-refractivity contribution in [2.75, 3.05) is 19.8 Å². The molecule has 0 bridgehead atoms. The number of nitriles is 1. The van der Waals surface area contributed by atoms with E-state index < -0.39 is 0 Å². The fourth-order valence-corrected chi connectivity index (χ4v) is 2.24. The van der Waals surface area contributed by atoms with Crippen molar-refractivity contribution in [3.8, 4) is 11.8 Å². The van der Waals surface area contributed by atoms with E-state index in [-0.39, 0.29) is 0 Å². The average Bonchev–Trinajstić information content (AvgIpc) is 2.98. The maximum absolute atomic E-state index is 8.80. The highest BCUT2D eigenvalue weighted by Gasteiger charge is 2.21. The van der Waals surface area contributed by atoms with Crippen molar-refractivity contribution in [2.24, 2.45) is 0 Å². The lowest BCUT2D eigenvalue weighted by Crippen LogP contribution is -2.39. The Morgan fingerprint density at radius 2 is 2.47 bits per heavy atom. The topological polar surface area (TPSA) is 54.3 Å². The van der Waals surface area contributed by atoms with E-state index in [9.17, 15) is 0 Å². The molecule has 1 aromatic rings. The Hall–Kier alpha value is -1.57. The first kappa shape index (κ1) is 13.9. The van der Waals surface area contributed by atoms with Gasteiger partial charge < -0.3 is 14.8 Å². The van der Waals surface area contributed by atoms with Crippen LogP contribution in [0.5, 0.6) is 5.75 Å². The smallest absolute Gasteiger partial charge is 0.120 e. The Morgan fingerprint density at radius 3 is 3.21 bits per heavy atom. The number of rotatable bonds is 6. The molecule has 1 aromatic carbocycles. The lowest BCUT2D eigenvalue weighted by molar-refractivity contribution is 0.0824. The first-order valence-corrected chi connectivity index (χ1v) is 6.77. The second-order valence-electron chi connectivity index (χ2n) is 4.78. The van der Waals surface area contributed by atoms with Gasteiger partial charge in [0.25, 0.3) is 0 Å². The Morgan fingerprint density at radius 1 is 1.58 bits per heavy atom. The number of benzene rings is 1. The maximum atomic E-state index is 8.80. The summed E-state index contributed by atoms with van der Waals surface area (Å²) in [5, 5.41) is 12.2. The quantitative estimate of drug-likeness (QED) is 0.796. The van der Waals surface area contributed by atoms with E-state index in [1.54, 1.807) is 12.1 Å². The zero-order valence-corrected chi connectivity index (χ0v) is 11.3. The summed E-state index contributed by atoms with van der Waals surface area (Å²) < 4.78 is 11.2. The summed E-state index contributed by atoms with van der Waals surface area (Å²) in [6, 6.07) is 9.68. The van der Waals surface area contributed by atoms with Gasteiger partial charge in [-0.25, -0.2) is 0 Å². The molecule has 1 N–H and O–H groups in total. The van der Waals surface area contributed by atoms with Gasteiger partial charge in [-0.05, 0) is 38.0 Å². The molecule has 4 heteroatoms. The van der Waals surface area contributed by atoms with Crippen LogP contribution in [-0.4, -0.2) is 31.9 Å². The van der Waals surface area contributed by atoms with E-state index in [1.807, 2.05) is 12.1 Å². The zero-order chi connectivity index (χ0) is 13.5. The molecule has 19 heavy (non-hydrogen) atoms. The minimum atomic E-state index is 0.335. The summed E-state index contributed by atoms with van der Waals surface area (Å²) in [5.74, 6) is 0.741. The molecule has 0 aromatic heterocycles. The molecule has 0 spiro atoms. The SMILES string of the molecule is C[C@@H](NCCOc1cccc(C#N)c1)[C@@H]1CCCO1. The van der Waals surface area contributed by atoms with Crippen LogP contribution in [0.15, 0.2) is 24.3 Å². The second-order valence-corrected chi connectivity index (χ2v) is 4.78. The van der Waals surface area contributed by atoms with Crippen LogP contribution < -0.4 is 10.1 Å². The summed E-state index contributed by atoms with van der Waals surface area (Å²) in [5.41, 5.74) is 0.623. The van der Waals surface area contributed by atoms with Crippen LogP contribution in [-0.2, 0) is 4.74 Å². The second kappa shape index (κ2) is 7.13. The van der Waals surface area contributed by atoms with Gasteiger partial charge in [0.15, 0.2) is 0 Å². The molecular weight excluding hydrogens is 240 g/mol. The molecule has 102 valence electrons. The van der Waals surface area contributed by atoms with Gasteiger partial charge in [-0.15, -0.1) is 0 Å². The van der Waals surface area contributed by atoms with Gasteiger partial charge in [0.05, 0.1) is 17.7 Å². The van der Waals surface area contributed by atoms with Crippen LogP contribution in [0.4, 0.5) is 0 Å². The predicted molar refractivity (Wildman–Crippen MR) is 73.1 cm³/mol. The third-order valence-electron chi connectivity index (χ3n) is 3.32. The molecule has 0 unspecified atom stereocenters. The van der Waals surface area contributed by atoms with Crippen LogP contribution in [0.2, 0.25) is 0 Å². The Bertz CT molecular complexity index is 436. The van der Waals surface area contributed by atoms with Gasteiger partial charge in [0, 0.05) is 19.2 Å². The zero-order valence-electron chi connectivity index (χ0n) is 11.3. The molecule has 1 fully saturated rings. The third kappa shape index (κ3) is 4.23. The Kier molecular flexibility index (Phi) is 5.20. The van der Waals surface area contributed by atoms with Crippen molar-refractivity contribution in [3.05, 3.63) is 29.8 Å². The van der Waals surface area contributed by atoms with E-state index in [4.69, 9.17) is 14.7 Å². The molecule has 4 nitrogen and oxygen atoms in total. The van der Waals surface area contributed by atoms with Crippen LogP contribution in [0.1, 0.15) is 25.3 Å². The Labute approximate surface area is 114 Å². The van der Waals surface area contributed by atoms with Crippen LogP contribution in [0.25, 0.3) is 0 Å². The van der Waals surface area contributed by atoms with Crippen molar-refractivity contribution in [3.63, 3.8) is 0 Å². The van der Waals surface area contributed by atoms with Crippen molar-refractivity contribution >= 4 is 0 Å². The molecule has 2 rings (SSSR count). The number of nitrogens with zero attached hydrogens (tertiary/aromatic N) is 1. The number of ether oxygens (including phenoxy) is 2. The van der Waals surface area contributed by atoms with E-state index in [0.29, 0.717) is 24.3 Å². The molecule has 0 radical (unpaired) electrons. The molecule has 1 aliphatic heterocycles. The lowest BCUT2D eigenvalue weighted by atomic mass is 10.1. The molecule has 1 aliphatic rings. The van der Waals surface area contributed by atoms with Gasteiger partial charge in [-0.2, -0.15) is 5.26 Å². The van der Waals surface area contributed by atoms with Crippen molar-refractivity contribution < 1.29 is 9.47 Å². The van der Waals surface area contributed by atoms with Crippen LogP contribution in [0.3, 0.4) is 0 Å². The third-order valence-corrected chi connectivity index (χ3v) is 3.32. The molecule has 1 heterocycles. The summed E-state index contributed by atoms with van der Waals surface area (Å²) in [6.07, 6.45) is 2.63. The van der Waals surface area contributed by atoms with Gasteiger partial charge in [-0.3, -0.25) is 0 Å². The van der Waals surface area contributed by atoms with E-state index in [1.165, 1.54) is 0 Å². The van der Waals surface area contributed by atoms with Gasteiger partial charge in [-0.1, -0.05) is 6.07 Å². The monoisotopic (exact) mass is 260 g/mol. The van der Waals surface area contributed by atoms with Crippen LogP contribution in [0, 0.1) is 11.3 Å². The van der Waals surface area contributed by atoms with E-state index in [2.05, 4.69) is 18.3 Å². The van der Waals surface area contributed by atoms with Crippen LogP contribution >= 0.6 is 0 Å². The fraction of sp³-hybridized carbons (Fsp3) is 0.533. The standard InChI is InChI=1S/C15H20N2O2/c1-12(15-6-3-8-19-15)17-7-9-18-14-5-2-4-13(10-14)11-16/h2,4-5,10,12,15,17H,3,6-9H2,1H3/t12-,15+/m1/s1. The summed E-state index contributed by atoms with van der Waals surface area (Å²) in [4.78, 5) is 0. The summed E-state index contributed by atoms with van der Waals surface area (Å²) >= 11 is 0. The minimum Gasteiger partial charge on any atom is -0.492 e. The fourth-order valence-electron chi connectivity index (χ4n) is 2.24. The molecule has 1 saturated heterocycles. The van der Waals surface area contributed by atoms with Gasteiger partial charge >= 0.3 is 0 Å². The number of hydrogen-bond donors (Lipinski definition) is 1. The minimum absolute atomic E-state index is 0.335. The predicted octanol–water partition coefficient (Wildman–Crippen LogP) is 2.09. The molecule has 2 atom stereocenters. The van der Waals surface area contributed by atoms with E-state index >= 15 is 0 Å². The molecule has 0 saturated carbocycles. The molecule has 0 amide bonds.